The Balaban J connectivity index is 2.21. The molecule has 0 amide bonds. The minimum Gasteiger partial charge on any atom is -0.356 e. The van der Waals surface area contributed by atoms with Gasteiger partial charge in [0.15, 0.2) is 6.29 Å². The Kier molecular flexibility index (Phi) is 3.22. The maximum Gasteiger partial charge on any atom is 0.153 e. The zero-order valence-electron chi connectivity index (χ0n) is 9.89. The summed E-state index contributed by atoms with van der Waals surface area (Å²) in [5.74, 6) is 2.27. The van der Waals surface area contributed by atoms with Gasteiger partial charge in [-0.15, -0.1) is 0 Å². The zero-order valence-corrected chi connectivity index (χ0v) is 9.89. The van der Waals surface area contributed by atoms with Crippen molar-refractivity contribution < 1.29 is 4.79 Å². The first kappa shape index (κ1) is 11.1. The van der Waals surface area contributed by atoms with Gasteiger partial charge in [-0.25, -0.2) is 4.98 Å². The van der Waals surface area contributed by atoms with Crippen molar-refractivity contribution in [3.63, 3.8) is 0 Å². The van der Waals surface area contributed by atoms with Crippen LogP contribution >= 0.6 is 0 Å². The van der Waals surface area contributed by atoms with Gasteiger partial charge in [0, 0.05) is 19.3 Å². The van der Waals surface area contributed by atoms with Gasteiger partial charge in [-0.1, -0.05) is 13.8 Å². The first-order valence-electron chi connectivity index (χ1n) is 5.87. The molecule has 16 heavy (non-hydrogen) atoms. The van der Waals surface area contributed by atoms with E-state index in [0.717, 1.165) is 31.1 Å². The second kappa shape index (κ2) is 4.64. The number of aromatic nitrogens is 1. The number of pyridine rings is 1. The monoisotopic (exact) mass is 218 g/mol. The molecule has 1 aliphatic heterocycles. The van der Waals surface area contributed by atoms with Crippen LogP contribution in [0.1, 0.15) is 30.6 Å². The highest BCUT2D eigenvalue weighted by Gasteiger charge is 2.24. The first-order chi connectivity index (χ1) is 7.72. The summed E-state index contributed by atoms with van der Waals surface area (Å²) in [5.41, 5.74) is 0.698. The maximum atomic E-state index is 10.9. The van der Waals surface area contributed by atoms with Gasteiger partial charge in [0.2, 0.25) is 0 Å². The summed E-state index contributed by atoms with van der Waals surface area (Å²) in [7, 11) is 0. The number of carbonyl (C=O) groups excluding carboxylic acids is 1. The quantitative estimate of drug-likeness (QED) is 0.714. The SMILES string of the molecule is CC1CCN(c2ncccc2C=O)CC1C. The van der Waals surface area contributed by atoms with Crippen molar-refractivity contribution in [3.8, 4) is 0 Å². The van der Waals surface area contributed by atoms with Crippen LogP contribution < -0.4 is 4.90 Å². The van der Waals surface area contributed by atoms with Crippen LogP contribution in [-0.4, -0.2) is 24.4 Å². The molecule has 1 fully saturated rings. The predicted octanol–water partition coefficient (Wildman–Crippen LogP) is 2.38. The largest absolute Gasteiger partial charge is 0.356 e. The number of hydrogen-bond acceptors (Lipinski definition) is 3. The maximum absolute atomic E-state index is 10.9. The second-order valence-corrected chi connectivity index (χ2v) is 4.72. The van der Waals surface area contributed by atoms with Gasteiger partial charge in [0.05, 0.1) is 5.56 Å². The number of nitrogens with zero attached hydrogens (tertiary/aromatic N) is 2. The van der Waals surface area contributed by atoms with E-state index in [0.29, 0.717) is 11.5 Å². The normalized spacial score (nSPS) is 25.5. The zero-order chi connectivity index (χ0) is 11.5. The van der Waals surface area contributed by atoms with Crippen molar-refractivity contribution in [3.05, 3.63) is 23.9 Å². The molecule has 1 saturated heterocycles. The molecule has 2 rings (SSSR count). The van der Waals surface area contributed by atoms with Gasteiger partial charge in [0.1, 0.15) is 5.82 Å². The highest BCUT2D eigenvalue weighted by Crippen LogP contribution is 2.26. The second-order valence-electron chi connectivity index (χ2n) is 4.72. The molecule has 86 valence electrons. The van der Waals surface area contributed by atoms with Gasteiger partial charge in [-0.2, -0.15) is 0 Å². The molecule has 0 bridgehead atoms. The summed E-state index contributed by atoms with van der Waals surface area (Å²) in [6.07, 6.45) is 3.83. The number of piperidine rings is 1. The van der Waals surface area contributed by atoms with Gasteiger partial charge in [-0.3, -0.25) is 4.79 Å². The Morgan fingerprint density at radius 3 is 2.94 bits per heavy atom. The topological polar surface area (TPSA) is 33.2 Å². The van der Waals surface area contributed by atoms with E-state index in [1.165, 1.54) is 6.42 Å². The predicted molar refractivity (Wildman–Crippen MR) is 64.8 cm³/mol. The number of carbonyl (C=O) groups is 1. The molecule has 0 N–H and O–H groups in total. The van der Waals surface area contributed by atoms with E-state index in [9.17, 15) is 4.79 Å². The van der Waals surface area contributed by atoms with E-state index >= 15 is 0 Å². The van der Waals surface area contributed by atoms with E-state index in [4.69, 9.17) is 0 Å². The van der Waals surface area contributed by atoms with E-state index in [1.807, 2.05) is 12.1 Å². The lowest BCUT2D eigenvalue weighted by Crippen LogP contribution is -2.39. The van der Waals surface area contributed by atoms with Crippen molar-refractivity contribution in [1.82, 2.24) is 4.98 Å². The van der Waals surface area contributed by atoms with Crippen molar-refractivity contribution >= 4 is 12.1 Å². The fraction of sp³-hybridized carbons (Fsp3) is 0.538. The molecule has 0 saturated carbocycles. The summed E-state index contributed by atoms with van der Waals surface area (Å²) < 4.78 is 0. The molecule has 2 heterocycles. The Morgan fingerprint density at radius 1 is 1.44 bits per heavy atom. The molecular weight excluding hydrogens is 200 g/mol. The van der Waals surface area contributed by atoms with E-state index in [-0.39, 0.29) is 0 Å². The third-order valence-electron chi connectivity index (χ3n) is 3.58. The molecule has 0 spiro atoms. The van der Waals surface area contributed by atoms with Crippen molar-refractivity contribution in [2.45, 2.75) is 20.3 Å². The molecule has 0 aliphatic carbocycles. The summed E-state index contributed by atoms with van der Waals surface area (Å²) in [6, 6.07) is 3.64. The Morgan fingerprint density at radius 2 is 2.25 bits per heavy atom. The Hall–Kier alpha value is -1.38. The summed E-state index contributed by atoms with van der Waals surface area (Å²) >= 11 is 0. The van der Waals surface area contributed by atoms with Gasteiger partial charge < -0.3 is 4.90 Å². The van der Waals surface area contributed by atoms with Crippen molar-refractivity contribution in [2.75, 3.05) is 18.0 Å². The summed E-state index contributed by atoms with van der Waals surface area (Å²) in [5, 5.41) is 0. The van der Waals surface area contributed by atoms with Gasteiger partial charge in [-0.05, 0) is 30.4 Å². The van der Waals surface area contributed by atoms with Crippen LogP contribution in [-0.2, 0) is 0 Å². The fourth-order valence-electron chi connectivity index (χ4n) is 2.22. The highest BCUT2D eigenvalue weighted by atomic mass is 16.1. The summed E-state index contributed by atoms with van der Waals surface area (Å²) in [4.78, 5) is 17.5. The molecule has 2 atom stereocenters. The van der Waals surface area contributed by atoms with Crippen LogP contribution in [0.4, 0.5) is 5.82 Å². The van der Waals surface area contributed by atoms with Crippen LogP contribution in [0.15, 0.2) is 18.3 Å². The Bertz CT molecular complexity index is 378. The molecule has 1 aromatic rings. The molecule has 1 aromatic heterocycles. The molecular formula is C13H18N2O. The standard InChI is InChI=1S/C13H18N2O/c1-10-5-7-15(8-11(10)2)13-12(9-16)4-3-6-14-13/h3-4,6,9-11H,5,7-8H2,1-2H3. The lowest BCUT2D eigenvalue weighted by molar-refractivity contribution is 0.112. The number of aldehydes is 1. The lowest BCUT2D eigenvalue weighted by atomic mass is 9.88. The molecule has 3 heteroatoms. The molecule has 3 nitrogen and oxygen atoms in total. The van der Waals surface area contributed by atoms with Crippen LogP contribution in [0.3, 0.4) is 0 Å². The number of hydrogen-bond donors (Lipinski definition) is 0. The smallest absolute Gasteiger partial charge is 0.153 e. The van der Waals surface area contributed by atoms with E-state index < -0.39 is 0 Å². The fourth-order valence-corrected chi connectivity index (χ4v) is 2.22. The summed E-state index contributed by atoms with van der Waals surface area (Å²) in [6.45, 7) is 6.56. The minimum absolute atomic E-state index is 0.662. The van der Waals surface area contributed by atoms with Crippen LogP contribution in [0.25, 0.3) is 0 Å². The van der Waals surface area contributed by atoms with Gasteiger partial charge in [0.25, 0.3) is 0 Å². The molecule has 2 unspecified atom stereocenters. The third-order valence-corrected chi connectivity index (χ3v) is 3.58. The number of rotatable bonds is 2. The van der Waals surface area contributed by atoms with Crippen molar-refractivity contribution in [2.24, 2.45) is 11.8 Å². The molecule has 0 aromatic carbocycles. The average Bonchev–Trinajstić information content (AvgIpc) is 2.32. The Labute approximate surface area is 96.5 Å². The first-order valence-corrected chi connectivity index (χ1v) is 5.87. The molecule has 0 radical (unpaired) electrons. The van der Waals surface area contributed by atoms with Crippen molar-refractivity contribution in [1.29, 1.82) is 0 Å². The average molecular weight is 218 g/mol. The van der Waals surface area contributed by atoms with E-state index in [1.54, 1.807) is 6.20 Å². The lowest BCUT2D eigenvalue weighted by Gasteiger charge is -2.36. The number of anilines is 1. The van der Waals surface area contributed by atoms with E-state index in [2.05, 4.69) is 23.7 Å². The minimum atomic E-state index is 0.662. The molecule has 1 aliphatic rings. The van der Waals surface area contributed by atoms with Crippen LogP contribution in [0, 0.1) is 11.8 Å². The van der Waals surface area contributed by atoms with Crippen LogP contribution in [0.5, 0.6) is 0 Å². The van der Waals surface area contributed by atoms with Crippen LogP contribution in [0.2, 0.25) is 0 Å². The highest BCUT2D eigenvalue weighted by molar-refractivity contribution is 5.82. The van der Waals surface area contributed by atoms with Gasteiger partial charge >= 0.3 is 0 Å². The third kappa shape index (κ3) is 2.08.